The zero-order chi connectivity index (χ0) is 13.7. The van der Waals surface area contributed by atoms with E-state index in [1.54, 1.807) is 24.5 Å². The van der Waals surface area contributed by atoms with E-state index in [1.165, 1.54) is 7.11 Å². The Morgan fingerprint density at radius 1 is 1.56 bits per heavy atom. The normalized spacial score (nSPS) is 13.7. The summed E-state index contributed by atoms with van der Waals surface area (Å²) in [4.78, 5) is 11.4. The molecular formula is C12H18N2O3S. The lowest BCUT2D eigenvalue weighted by atomic mass is 10.1. The van der Waals surface area contributed by atoms with Crippen LogP contribution in [0.15, 0.2) is 18.2 Å². The summed E-state index contributed by atoms with van der Waals surface area (Å²) in [5.41, 5.74) is 7.44. The topological polar surface area (TPSA) is 81.4 Å². The number of nitrogens with two attached hydrogens (primary N) is 1. The van der Waals surface area contributed by atoms with Gasteiger partial charge in [-0.1, -0.05) is 0 Å². The summed E-state index contributed by atoms with van der Waals surface area (Å²) < 4.78 is 15.8. The van der Waals surface area contributed by atoms with Crippen molar-refractivity contribution in [2.45, 2.75) is 13.0 Å². The van der Waals surface area contributed by atoms with Crippen molar-refractivity contribution < 1.29 is 13.7 Å². The van der Waals surface area contributed by atoms with Crippen molar-refractivity contribution in [3.8, 4) is 0 Å². The number of nitrogens with one attached hydrogen (secondary N) is 1. The van der Waals surface area contributed by atoms with Gasteiger partial charge in [0.1, 0.15) is 0 Å². The molecule has 100 valence electrons. The van der Waals surface area contributed by atoms with Crippen molar-refractivity contribution in [1.29, 1.82) is 0 Å². The highest BCUT2D eigenvalue weighted by Crippen LogP contribution is 2.21. The third-order valence-electron chi connectivity index (χ3n) is 2.36. The molecule has 0 aliphatic heterocycles. The molecule has 3 N–H and O–H groups in total. The summed E-state index contributed by atoms with van der Waals surface area (Å²) in [6.45, 7) is 1.91. The van der Waals surface area contributed by atoms with Gasteiger partial charge in [-0.15, -0.1) is 0 Å². The lowest BCUT2D eigenvalue weighted by Gasteiger charge is -2.16. The monoisotopic (exact) mass is 270 g/mol. The number of carbonyl (C=O) groups excluding carboxylic acids is 1. The molecule has 1 aromatic carbocycles. The smallest absolute Gasteiger partial charge is 0.337 e. The third-order valence-corrected chi connectivity index (χ3v) is 3.33. The Hall–Kier alpha value is -1.56. The number of benzene rings is 1. The van der Waals surface area contributed by atoms with Crippen molar-refractivity contribution in [1.82, 2.24) is 0 Å². The maximum absolute atomic E-state index is 11.4. The van der Waals surface area contributed by atoms with E-state index >= 15 is 0 Å². The van der Waals surface area contributed by atoms with Crippen LogP contribution in [-0.4, -0.2) is 35.3 Å². The van der Waals surface area contributed by atoms with Crippen LogP contribution in [0.25, 0.3) is 0 Å². The Morgan fingerprint density at radius 2 is 2.22 bits per heavy atom. The van der Waals surface area contributed by atoms with E-state index in [0.29, 0.717) is 22.7 Å². The molecule has 0 aliphatic rings. The standard InChI is InChI=1S/C12H18N2O3S/c1-8(7-18(3)16)14-11-6-9(12(15)17-2)4-5-10(11)13/h4-6,8,14H,7,13H2,1-3H3. The Morgan fingerprint density at radius 3 is 2.78 bits per heavy atom. The van der Waals surface area contributed by atoms with Crippen LogP contribution in [0.2, 0.25) is 0 Å². The van der Waals surface area contributed by atoms with E-state index in [9.17, 15) is 9.00 Å². The fourth-order valence-electron chi connectivity index (χ4n) is 1.59. The van der Waals surface area contributed by atoms with Gasteiger partial charge in [0.15, 0.2) is 0 Å². The average molecular weight is 270 g/mol. The van der Waals surface area contributed by atoms with E-state index in [1.807, 2.05) is 6.92 Å². The van der Waals surface area contributed by atoms with Crippen LogP contribution in [0.3, 0.4) is 0 Å². The molecule has 0 aliphatic carbocycles. The predicted molar refractivity (Wildman–Crippen MR) is 74.2 cm³/mol. The van der Waals surface area contributed by atoms with Crippen LogP contribution in [0.4, 0.5) is 11.4 Å². The molecule has 0 bridgehead atoms. The van der Waals surface area contributed by atoms with E-state index < -0.39 is 16.8 Å². The van der Waals surface area contributed by atoms with Crippen LogP contribution < -0.4 is 11.1 Å². The van der Waals surface area contributed by atoms with Gasteiger partial charge in [0.25, 0.3) is 0 Å². The second kappa shape index (κ2) is 6.39. The van der Waals surface area contributed by atoms with Crippen molar-refractivity contribution in [2.75, 3.05) is 30.2 Å². The van der Waals surface area contributed by atoms with E-state index in [2.05, 4.69) is 10.1 Å². The van der Waals surface area contributed by atoms with Crippen molar-refractivity contribution in [3.63, 3.8) is 0 Å². The number of anilines is 2. The van der Waals surface area contributed by atoms with E-state index in [4.69, 9.17) is 5.73 Å². The molecule has 0 heterocycles. The molecular weight excluding hydrogens is 252 g/mol. The summed E-state index contributed by atoms with van der Waals surface area (Å²) in [5, 5.41) is 3.14. The SMILES string of the molecule is COC(=O)c1ccc(N)c(NC(C)CS(C)=O)c1. The van der Waals surface area contributed by atoms with E-state index in [0.717, 1.165) is 0 Å². The van der Waals surface area contributed by atoms with Gasteiger partial charge in [0, 0.05) is 28.9 Å². The van der Waals surface area contributed by atoms with Gasteiger partial charge in [0.2, 0.25) is 0 Å². The highest BCUT2D eigenvalue weighted by molar-refractivity contribution is 7.84. The first-order valence-corrected chi connectivity index (χ1v) is 7.21. The minimum atomic E-state index is -0.887. The molecule has 0 amide bonds. The van der Waals surface area contributed by atoms with E-state index in [-0.39, 0.29) is 6.04 Å². The highest BCUT2D eigenvalue weighted by atomic mass is 32.2. The van der Waals surface area contributed by atoms with Crippen LogP contribution in [-0.2, 0) is 15.5 Å². The first-order chi connectivity index (χ1) is 8.43. The van der Waals surface area contributed by atoms with Gasteiger partial charge >= 0.3 is 5.97 Å². The second-order valence-corrected chi connectivity index (χ2v) is 5.56. The first kappa shape index (κ1) is 14.5. The quantitative estimate of drug-likeness (QED) is 0.621. The number of rotatable bonds is 5. The van der Waals surface area contributed by atoms with Crippen LogP contribution in [0.1, 0.15) is 17.3 Å². The summed E-state index contributed by atoms with van der Waals surface area (Å²) >= 11 is 0. The molecule has 0 saturated carbocycles. The molecule has 2 unspecified atom stereocenters. The molecule has 0 saturated heterocycles. The van der Waals surface area contributed by atoms with Gasteiger partial charge in [0.05, 0.1) is 24.0 Å². The predicted octanol–water partition coefficient (Wildman–Crippen LogP) is 1.23. The van der Waals surface area contributed by atoms with Crippen molar-refractivity contribution >= 4 is 28.1 Å². The molecule has 1 aromatic rings. The fraction of sp³-hybridized carbons (Fsp3) is 0.417. The van der Waals surface area contributed by atoms with Gasteiger partial charge in [-0.2, -0.15) is 0 Å². The number of hydrogen-bond donors (Lipinski definition) is 2. The van der Waals surface area contributed by atoms with Gasteiger partial charge in [-0.05, 0) is 25.1 Å². The lowest BCUT2D eigenvalue weighted by Crippen LogP contribution is -2.23. The number of carbonyl (C=O) groups is 1. The number of ether oxygens (including phenoxy) is 1. The fourth-order valence-corrected chi connectivity index (χ4v) is 2.37. The molecule has 0 aromatic heterocycles. The Labute approximate surface area is 109 Å². The highest BCUT2D eigenvalue weighted by Gasteiger charge is 2.11. The Balaban J connectivity index is 2.87. The van der Waals surface area contributed by atoms with Gasteiger partial charge in [-0.25, -0.2) is 4.79 Å². The zero-order valence-electron chi connectivity index (χ0n) is 10.7. The maximum Gasteiger partial charge on any atom is 0.337 e. The largest absolute Gasteiger partial charge is 0.465 e. The van der Waals surface area contributed by atoms with Crippen LogP contribution >= 0.6 is 0 Å². The molecule has 0 fully saturated rings. The molecule has 1 rings (SSSR count). The Bertz CT molecular complexity index is 463. The zero-order valence-corrected chi connectivity index (χ0v) is 11.5. The van der Waals surface area contributed by atoms with Crippen LogP contribution in [0, 0.1) is 0 Å². The van der Waals surface area contributed by atoms with Gasteiger partial charge < -0.3 is 15.8 Å². The van der Waals surface area contributed by atoms with Crippen molar-refractivity contribution in [2.24, 2.45) is 0 Å². The molecule has 5 nitrogen and oxygen atoms in total. The number of esters is 1. The molecule has 6 heteroatoms. The Kier molecular flexibility index (Phi) is 5.15. The summed E-state index contributed by atoms with van der Waals surface area (Å²) in [6, 6.07) is 4.89. The molecule has 0 spiro atoms. The summed E-state index contributed by atoms with van der Waals surface area (Å²) in [6.07, 6.45) is 1.65. The molecule has 2 atom stereocenters. The third kappa shape index (κ3) is 4.03. The number of nitrogen functional groups attached to an aromatic ring is 1. The number of hydrogen-bond acceptors (Lipinski definition) is 5. The minimum Gasteiger partial charge on any atom is -0.465 e. The van der Waals surface area contributed by atoms with Crippen molar-refractivity contribution in [3.05, 3.63) is 23.8 Å². The molecule has 18 heavy (non-hydrogen) atoms. The second-order valence-electron chi connectivity index (χ2n) is 4.08. The molecule has 0 radical (unpaired) electrons. The minimum absolute atomic E-state index is 0.00558. The van der Waals surface area contributed by atoms with Crippen LogP contribution in [0.5, 0.6) is 0 Å². The first-order valence-electron chi connectivity index (χ1n) is 5.48. The summed E-state index contributed by atoms with van der Waals surface area (Å²) in [5.74, 6) is 0.104. The number of methoxy groups -OCH3 is 1. The van der Waals surface area contributed by atoms with Gasteiger partial charge in [-0.3, -0.25) is 4.21 Å². The average Bonchev–Trinajstić information content (AvgIpc) is 2.30. The lowest BCUT2D eigenvalue weighted by molar-refractivity contribution is 0.0601. The summed E-state index contributed by atoms with van der Waals surface area (Å²) in [7, 11) is 0.441. The maximum atomic E-state index is 11.4.